The zero-order valence-electron chi connectivity index (χ0n) is 17.1. The van der Waals surface area contributed by atoms with Crippen molar-refractivity contribution in [1.29, 1.82) is 0 Å². The Bertz CT molecular complexity index is 872. The number of nitrogens with one attached hydrogen (secondary N) is 3. The van der Waals surface area contributed by atoms with Gasteiger partial charge in [0.15, 0.2) is 0 Å². The highest BCUT2D eigenvalue weighted by Crippen LogP contribution is 2.23. The van der Waals surface area contributed by atoms with E-state index >= 15 is 0 Å². The van der Waals surface area contributed by atoms with Crippen molar-refractivity contribution in [3.8, 4) is 5.75 Å². The molecule has 7 heteroatoms. The average molecular weight is 409 g/mol. The van der Waals surface area contributed by atoms with Crippen LogP contribution in [0.5, 0.6) is 5.75 Å². The van der Waals surface area contributed by atoms with Gasteiger partial charge in [-0.3, -0.25) is 25.2 Å². The third-order valence-corrected chi connectivity index (χ3v) is 5.23. The molecule has 2 aromatic rings. The van der Waals surface area contributed by atoms with E-state index in [0.717, 1.165) is 37.0 Å². The minimum Gasteiger partial charge on any atom is -0.497 e. The Morgan fingerprint density at radius 2 is 1.57 bits per heavy atom. The molecule has 0 aliphatic heterocycles. The molecule has 3 rings (SSSR count). The quantitative estimate of drug-likeness (QED) is 0.638. The van der Waals surface area contributed by atoms with Gasteiger partial charge in [0.1, 0.15) is 5.75 Å². The summed E-state index contributed by atoms with van der Waals surface area (Å²) >= 11 is 0. The maximum atomic E-state index is 12.2. The Morgan fingerprint density at radius 3 is 2.20 bits per heavy atom. The van der Waals surface area contributed by atoms with E-state index in [0.29, 0.717) is 11.3 Å². The smallest absolute Gasteiger partial charge is 0.269 e. The van der Waals surface area contributed by atoms with Gasteiger partial charge in [0.05, 0.1) is 13.5 Å². The van der Waals surface area contributed by atoms with Crippen molar-refractivity contribution in [2.24, 2.45) is 5.92 Å². The summed E-state index contributed by atoms with van der Waals surface area (Å²) in [6, 6.07) is 13.8. The van der Waals surface area contributed by atoms with Crippen LogP contribution in [0.3, 0.4) is 0 Å². The molecule has 1 aliphatic carbocycles. The van der Waals surface area contributed by atoms with Crippen molar-refractivity contribution >= 4 is 23.4 Å². The molecule has 3 amide bonds. The first kappa shape index (κ1) is 21.4. The number of hydrazine groups is 1. The molecule has 0 aromatic heterocycles. The van der Waals surface area contributed by atoms with E-state index in [9.17, 15) is 14.4 Å². The van der Waals surface area contributed by atoms with Gasteiger partial charge in [-0.1, -0.05) is 31.4 Å². The zero-order chi connectivity index (χ0) is 21.3. The molecule has 0 bridgehead atoms. The average Bonchev–Trinajstić information content (AvgIpc) is 2.78. The summed E-state index contributed by atoms with van der Waals surface area (Å²) in [5, 5.41) is 2.81. The number of hydrogen-bond donors (Lipinski definition) is 3. The van der Waals surface area contributed by atoms with Gasteiger partial charge >= 0.3 is 0 Å². The van der Waals surface area contributed by atoms with Crippen molar-refractivity contribution in [2.45, 2.75) is 38.5 Å². The lowest BCUT2D eigenvalue weighted by molar-refractivity contribution is -0.126. The van der Waals surface area contributed by atoms with Crippen LogP contribution in [0.15, 0.2) is 48.5 Å². The van der Waals surface area contributed by atoms with Crippen LogP contribution < -0.4 is 20.9 Å². The van der Waals surface area contributed by atoms with Gasteiger partial charge < -0.3 is 10.1 Å². The van der Waals surface area contributed by atoms with Gasteiger partial charge in [-0.25, -0.2) is 0 Å². The fourth-order valence-electron chi connectivity index (χ4n) is 3.50. The van der Waals surface area contributed by atoms with E-state index in [1.54, 1.807) is 31.4 Å². The van der Waals surface area contributed by atoms with Crippen LogP contribution in [0, 0.1) is 5.92 Å². The summed E-state index contributed by atoms with van der Waals surface area (Å²) in [4.78, 5) is 36.6. The number of anilines is 1. The Hall–Kier alpha value is -3.35. The van der Waals surface area contributed by atoms with Crippen molar-refractivity contribution in [3.05, 3.63) is 59.7 Å². The highest BCUT2D eigenvalue weighted by molar-refractivity contribution is 5.97. The van der Waals surface area contributed by atoms with Crippen LogP contribution in [-0.4, -0.2) is 24.8 Å². The van der Waals surface area contributed by atoms with E-state index in [1.807, 2.05) is 24.3 Å². The van der Waals surface area contributed by atoms with Gasteiger partial charge in [-0.2, -0.15) is 0 Å². The number of rotatable bonds is 6. The lowest BCUT2D eigenvalue weighted by Crippen LogP contribution is -2.44. The maximum absolute atomic E-state index is 12.2. The van der Waals surface area contributed by atoms with Gasteiger partial charge in [-0.05, 0) is 54.8 Å². The second-order valence-corrected chi connectivity index (χ2v) is 7.43. The van der Waals surface area contributed by atoms with Crippen LogP contribution in [0.1, 0.15) is 48.0 Å². The summed E-state index contributed by atoms with van der Waals surface area (Å²) in [6.07, 6.45) is 5.24. The van der Waals surface area contributed by atoms with E-state index < -0.39 is 5.91 Å². The second-order valence-electron chi connectivity index (χ2n) is 7.43. The van der Waals surface area contributed by atoms with Gasteiger partial charge in [0.25, 0.3) is 5.91 Å². The van der Waals surface area contributed by atoms with E-state index in [2.05, 4.69) is 16.2 Å². The molecule has 0 spiro atoms. The number of methoxy groups -OCH3 is 1. The first-order valence-electron chi connectivity index (χ1n) is 10.2. The van der Waals surface area contributed by atoms with Crippen molar-refractivity contribution < 1.29 is 19.1 Å². The maximum Gasteiger partial charge on any atom is 0.269 e. The van der Waals surface area contributed by atoms with E-state index in [1.165, 1.54) is 6.42 Å². The number of hydrogen-bond acceptors (Lipinski definition) is 4. The molecule has 1 fully saturated rings. The van der Waals surface area contributed by atoms with Crippen LogP contribution in [0.25, 0.3) is 0 Å². The molecule has 2 aromatic carbocycles. The van der Waals surface area contributed by atoms with E-state index in [4.69, 9.17) is 4.74 Å². The lowest BCUT2D eigenvalue weighted by atomic mass is 9.89. The number of benzene rings is 2. The monoisotopic (exact) mass is 409 g/mol. The number of carbonyl (C=O) groups is 3. The number of carbonyl (C=O) groups excluding carboxylic acids is 3. The minimum atomic E-state index is -0.393. The van der Waals surface area contributed by atoms with Crippen LogP contribution in [0.2, 0.25) is 0 Å². The Kier molecular flexibility index (Phi) is 7.43. The number of amides is 3. The van der Waals surface area contributed by atoms with Crippen molar-refractivity contribution in [1.82, 2.24) is 10.9 Å². The number of ether oxygens (including phenoxy) is 1. The molecular formula is C23H27N3O4. The summed E-state index contributed by atoms with van der Waals surface area (Å²) in [7, 11) is 1.59. The molecule has 1 saturated carbocycles. The minimum absolute atomic E-state index is 0.0256. The first-order valence-corrected chi connectivity index (χ1v) is 10.2. The van der Waals surface area contributed by atoms with Gasteiger partial charge in [-0.15, -0.1) is 0 Å². The Balaban J connectivity index is 1.46. The largest absolute Gasteiger partial charge is 0.497 e. The Morgan fingerprint density at radius 1 is 0.900 bits per heavy atom. The Labute approximate surface area is 176 Å². The fourth-order valence-corrected chi connectivity index (χ4v) is 3.50. The summed E-state index contributed by atoms with van der Waals surface area (Å²) < 4.78 is 5.11. The third kappa shape index (κ3) is 6.07. The summed E-state index contributed by atoms with van der Waals surface area (Å²) in [5.41, 5.74) is 6.84. The third-order valence-electron chi connectivity index (χ3n) is 5.23. The summed E-state index contributed by atoms with van der Waals surface area (Å²) in [6.45, 7) is 0. The van der Waals surface area contributed by atoms with Gasteiger partial charge in [0, 0.05) is 17.2 Å². The molecule has 0 heterocycles. The molecule has 30 heavy (non-hydrogen) atoms. The van der Waals surface area contributed by atoms with Gasteiger partial charge in [0.2, 0.25) is 11.8 Å². The molecule has 1 aliphatic rings. The molecule has 7 nitrogen and oxygen atoms in total. The predicted octanol–water partition coefficient (Wildman–Crippen LogP) is 3.22. The molecule has 158 valence electrons. The normalized spacial score (nSPS) is 13.9. The SMILES string of the molecule is COc1ccc(CC(=O)Nc2ccc(C(=O)NNC(=O)C3CCCCC3)cc2)cc1. The highest BCUT2D eigenvalue weighted by Gasteiger charge is 2.21. The van der Waals surface area contributed by atoms with E-state index in [-0.39, 0.29) is 24.2 Å². The summed E-state index contributed by atoms with van der Waals surface area (Å²) in [5.74, 6) is 0.0307. The topological polar surface area (TPSA) is 96.5 Å². The predicted molar refractivity (Wildman–Crippen MR) is 114 cm³/mol. The molecule has 3 N–H and O–H groups in total. The molecule has 0 unspecified atom stereocenters. The first-order chi connectivity index (χ1) is 14.5. The van der Waals surface area contributed by atoms with Crippen molar-refractivity contribution in [2.75, 3.05) is 12.4 Å². The van der Waals surface area contributed by atoms with Crippen LogP contribution >= 0.6 is 0 Å². The fraction of sp³-hybridized carbons (Fsp3) is 0.348. The molecule has 0 atom stereocenters. The molecule has 0 radical (unpaired) electrons. The second kappa shape index (κ2) is 10.4. The van der Waals surface area contributed by atoms with Crippen molar-refractivity contribution in [3.63, 3.8) is 0 Å². The van der Waals surface area contributed by atoms with Crippen LogP contribution in [0.4, 0.5) is 5.69 Å². The molecular weight excluding hydrogens is 382 g/mol. The lowest BCUT2D eigenvalue weighted by Gasteiger charge is -2.20. The van der Waals surface area contributed by atoms with Crippen LogP contribution in [-0.2, 0) is 16.0 Å². The standard InChI is InChI=1S/C23H27N3O4/c1-30-20-13-7-16(8-14-20)15-21(27)24-19-11-9-18(10-12-19)23(29)26-25-22(28)17-5-3-2-4-6-17/h7-14,17H,2-6,15H2,1H3,(H,24,27)(H,25,28)(H,26,29). The highest BCUT2D eigenvalue weighted by atomic mass is 16.5. The zero-order valence-corrected chi connectivity index (χ0v) is 17.1. The molecule has 0 saturated heterocycles.